The molecule has 1 heterocycles. The van der Waals surface area contributed by atoms with Crippen molar-refractivity contribution in [2.75, 3.05) is 5.32 Å². The van der Waals surface area contributed by atoms with Crippen LogP contribution in [0.15, 0.2) is 34.9 Å². The number of nitrogens with one attached hydrogen (secondary N) is 1. The summed E-state index contributed by atoms with van der Waals surface area (Å²) in [5.41, 5.74) is 1.07. The lowest BCUT2D eigenvalue weighted by atomic mass is 10.1. The molecule has 0 atom stereocenters. The van der Waals surface area contributed by atoms with Crippen LogP contribution in [0.1, 0.15) is 20.8 Å². The number of ether oxygens (including phenoxy) is 1. The van der Waals surface area contributed by atoms with Crippen LogP contribution in [0.2, 0.25) is 0 Å². The van der Waals surface area contributed by atoms with Crippen molar-refractivity contribution in [3.05, 3.63) is 33.9 Å². The van der Waals surface area contributed by atoms with E-state index < -0.39 is 11.7 Å². The smallest absolute Gasteiger partial charge is 0.414 e. The first-order chi connectivity index (χ1) is 9.35. The number of aromatic nitrogens is 1. The van der Waals surface area contributed by atoms with Gasteiger partial charge >= 0.3 is 6.09 Å². The summed E-state index contributed by atoms with van der Waals surface area (Å²) in [6, 6.07) is 9.46. The minimum Gasteiger partial charge on any atom is -0.444 e. The van der Waals surface area contributed by atoms with E-state index >= 15 is 0 Å². The zero-order valence-corrected chi connectivity index (χ0v) is 13.6. The van der Waals surface area contributed by atoms with Gasteiger partial charge in [-0.3, -0.25) is 5.32 Å². The van der Waals surface area contributed by atoms with E-state index in [0.717, 1.165) is 9.13 Å². The minimum absolute atomic E-state index is 0.258. The summed E-state index contributed by atoms with van der Waals surface area (Å²) < 4.78 is 11.3. The third-order valence-corrected chi connectivity index (χ3v) is 3.22. The number of carbonyl (C=O) groups excluding carboxylic acids is 1. The third-order valence-electron chi connectivity index (χ3n) is 2.28. The minimum atomic E-state index is -0.567. The Bertz CT molecular complexity index is 617. The Morgan fingerprint density at radius 2 is 2.05 bits per heavy atom. The van der Waals surface area contributed by atoms with Gasteiger partial charge < -0.3 is 9.26 Å². The molecule has 0 aliphatic carbocycles. The Balaban J connectivity index is 2.10. The van der Waals surface area contributed by atoms with Crippen LogP contribution in [-0.4, -0.2) is 16.9 Å². The average Bonchev–Trinajstić information content (AvgIpc) is 2.75. The lowest BCUT2D eigenvalue weighted by Crippen LogP contribution is -2.27. The predicted octanol–water partition coefficient (Wildman–Crippen LogP) is 4.29. The molecular formula is C14H15IN2O3. The molecule has 6 heteroatoms. The van der Waals surface area contributed by atoms with E-state index in [4.69, 9.17) is 9.26 Å². The van der Waals surface area contributed by atoms with Crippen molar-refractivity contribution in [2.24, 2.45) is 0 Å². The van der Waals surface area contributed by atoms with E-state index in [9.17, 15) is 4.79 Å². The number of amides is 1. The van der Waals surface area contributed by atoms with Gasteiger partial charge in [0.2, 0.25) is 5.88 Å². The second kappa shape index (κ2) is 5.82. The molecule has 5 nitrogen and oxygen atoms in total. The Morgan fingerprint density at radius 3 is 2.70 bits per heavy atom. The van der Waals surface area contributed by atoms with Gasteiger partial charge in [0.25, 0.3) is 0 Å². The molecule has 1 amide bonds. The maximum absolute atomic E-state index is 11.6. The Labute approximate surface area is 130 Å². The number of hydrogen-bond donors (Lipinski definition) is 1. The number of benzene rings is 1. The second-order valence-corrected chi connectivity index (χ2v) is 6.35. The first-order valence-corrected chi connectivity index (χ1v) is 7.15. The van der Waals surface area contributed by atoms with Crippen LogP contribution < -0.4 is 5.32 Å². The van der Waals surface area contributed by atoms with Crippen LogP contribution >= 0.6 is 22.6 Å². The fraction of sp³-hybridized carbons (Fsp3) is 0.286. The predicted molar refractivity (Wildman–Crippen MR) is 84.5 cm³/mol. The van der Waals surface area contributed by atoms with Crippen LogP contribution in [0.5, 0.6) is 0 Å². The normalized spacial score (nSPS) is 11.2. The zero-order valence-electron chi connectivity index (χ0n) is 11.4. The van der Waals surface area contributed by atoms with Crippen molar-refractivity contribution < 1.29 is 14.1 Å². The monoisotopic (exact) mass is 386 g/mol. The van der Waals surface area contributed by atoms with Gasteiger partial charge in [0.1, 0.15) is 11.3 Å². The molecule has 0 unspecified atom stereocenters. The Hall–Kier alpha value is -1.57. The first-order valence-electron chi connectivity index (χ1n) is 6.07. The standard InChI is InChI=1S/C14H15IN2O3/c1-14(2,3)19-13(18)16-12-8-11(17-20-12)9-6-4-5-7-10(9)15/h4-8H,1-3H3,(H,16,18). The molecule has 1 aromatic heterocycles. The molecule has 0 bridgehead atoms. The van der Waals surface area contributed by atoms with E-state index in [1.54, 1.807) is 26.8 Å². The molecule has 106 valence electrons. The van der Waals surface area contributed by atoms with Gasteiger partial charge in [-0.15, -0.1) is 0 Å². The van der Waals surface area contributed by atoms with Crippen molar-refractivity contribution in [3.63, 3.8) is 0 Å². The van der Waals surface area contributed by atoms with E-state index in [1.165, 1.54) is 0 Å². The second-order valence-electron chi connectivity index (χ2n) is 5.18. The number of hydrogen-bond acceptors (Lipinski definition) is 4. The summed E-state index contributed by atoms with van der Waals surface area (Å²) in [6.45, 7) is 5.39. The molecule has 0 saturated carbocycles. The summed E-state index contributed by atoms with van der Waals surface area (Å²) in [6.07, 6.45) is -0.567. The highest BCUT2D eigenvalue weighted by Crippen LogP contribution is 2.26. The summed E-state index contributed by atoms with van der Waals surface area (Å²) in [5.74, 6) is 0.258. The van der Waals surface area contributed by atoms with Crippen molar-refractivity contribution >= 4 is 34.6 Å². The molecule has 0 aliphatic rings. The number of rotatable bonds is 2. The largest absolute Gasteiger partial charge is 0.444 e. The molecular weight excluding hydrogens is 371 g/mol. The summed E-state index contributed by atoms with van der Waals surface area (Å²) >= 11 is 2.22. The van der Waals surface area contributed by atoms with Gasteiger partial charge in [0.15, 0.2) is 0 Å². The molecule has 20 heavy (non-hydrogen) atoms. The summed E-state index contributed by atoms with van der Waals surface area (Å²) in [5, 5.41) is 6.46. The number of anilines is 1. The molecule has 0 fully saturated rings. The molecule has 2 rings (SSSR count). The molecule has 1 N–H and O–H groups in total. The lowest BCUT2D eigenvalue weighted by Gasteiger charge is -2.18. The van der Waals surface area contributed by atoms with Crippen LogP contribution in [0, 0.1) is 3.57 Å². The van der Waals surface area contributed by atoms with Gasteiger partial charge in [0, 0.05) is 15.2 Å². The van der Waals surface area contributed by atoms with E-state index in [-0.39, 0.29) is 5.88 Å². The highest BCUT2D eigenvalue weighted by atomic mass is 127. The molecule has 0 saturated heterocycles. The Morgan fingerprint density at radius 1 is 1.35 bits per heavy atom. The van der Waals surface area contributed by atoms with Crippen LogP contribution in [0.25, 0.3) is 11.3 Å². The van der Waals surface area contributed by atoms with Gasteiger partial charge in [-0.2, -0.15) is 0 Å². The van der Waals surface area contributed by atoms with Gasteiger partial charge in [-0.25, -0.2) is 4.79 Å². The average molecular weight is 386 g/mol. The highest BCUT2D eigenvalue weighted by Gasteiger charge is 2.18. The highest BCUT2D eigenvalue weighted by molar-refractivity contribution is 14.1. The number of carbonyl (C=O) groups is 1. The molecule has 0 spiro atoms. The van der Waals surface area contributed by atoms with Crippen molar-refractivity contribution in [1.82, 2.24) is 5.16 Å². The van der Waals surface area contributed by atoms with Crippen molar-refractivity contribution in [3.8, 4) is 11.3 Å². The van der Waals surface area contributed by atoms with Crippen LogP contribution in [0.4, 0.5) is 10.7 Å². The van der Waals surface area contributed by atoms with E-state index in [1.807, 2.05) is 24.3 Å². The van der Waals surface area contributed by atoms with Gasteiger partial charge in [0.05, 0.1) is 0 Å². The SMILES string of the molecule is CC(C)(C)OC(=O)Nc1cc(-c2ccccc2I)no1. The number of halogens is 1. The van der Waals surface area contributed by atoms with Gasteiger partial charge in [-0.05, 0) is 49.4 Å². The van der Waals surface area contributed by atoms with Crippen molar-refractivity contribution in [2.45, 2.75) is 26.4 Å². The van der Waals surface area contributed by atoms with Gasteiger partial charge in [-0.1, -0.05) is 23.4 Å². The first kappa shape index (κ1) is 14.8. The summed E-state index contributed by atoms with van der Waals surface area (Å²) in [4.78, 5) is 11.6. The molecule has 2 aromatic rings. The van der Waals surface area contributed by atoms with Crippen molar-refractivity contribution in [1.29, 1.82) is 0 Å². The molecule has 0 radical (unpaired) electrons. The molecule has 1 aromatic carbocycles. The van der Waals surface area contributed by atoms with E-state index in [0.29, 0.717) is 5.69 Å². The zero-order chi connectivity index (χ0) is 14.8. The topological polar surface area (TPSA) is 64.4 Å². The fourth-order valence-corrected chi connectivity index (χ4v) is 2.20. The quantitative estimate of drug-likeness (QED) is 0.782. The lowest BCUT2D eigenvalue weighted by molar-refractivity contribution is 0.0631. The third kappa shape index (κ3) is 3.96. The molecule has 0 aliphatic heterocycles. The number of nitrogens with zero attached hydrogens (tertiary/aromatic N) is 1. The maximum atomic E-state index is 11.6. The Kier molecular flexibility index (Phi) is 4.32. The van der Waals surface area contributed by atoms with E-state index in [2.05, 4.69) is 33.1 Å². The summed E-state index contributed by atoms with van der Waals surface area (Å²) in [7, 11) is 0. The maximum Gasteiger partial charge on any atom is 0.414 e. The van der Waals surface area contributed by atoms with Crippen LogP contribution in [0.3, 0.4) is 0 Å². The fourth-order valence-electron chi connectivity index (χ4n) is 1.53. The van der Waals surface area contributed by atoms with Crippen LogP contribution in [-0.2, 0) is 4.74 Å².